The number of benzene rings is 1. The van der Waals surface area contributed by atoms with Crippen LogP contribution in [0.1, 0.15) is 16.3 Å². The minimum Gasteiger partial charge on any atom is -0.497 e. The van der Waals surface area contributed by atoms with Gasteiger partial charge in [-0.05, 0) is 42.5 Å². The Kier molecular flexibility index (Phi) is 5.23. The van der Waals surface area contributed by atoms with Gasteiger partial charge in [-0.15, -0.1) is 0 Å². The number of nitrogens with one attached hydrogen (secondary N) is 1. The van der Waals surface area contributed by atoms with Gasteiger partial charge in [-0.2, -0.15) is 13.2 Å². The molecule has 0 fully saturated rings. The molecule has 0 unspecified atom stereocenters. The van der Waals surface area contributed by atoms with Crippen LogP contribution in [0.2, 0.25) is 0 Å². The molecule has 0 spiro atoms. The van der Waals surface area contributed by atoms with Crippen LogP contribution in [0.15, 0.2) is 48.7 Å². The minimum atomic E-state index is -4.55. The highest BCUT2D eigenvalue weighted by Crippen LogP contribution is 2.30. The molecule has 7 nitrogen and oxygen atoms in total. The Bertz CT molecular complexity index is 990. The number of aromatic nitrogens is 3. The third-order valence-corrected chi connectivity index (χ3v) is 3.80. The number of nitrogens with zero attached hydrogens (tertiary/aromatic N) is 3. The fourth-order valence-electron chi connectivity index (χ4n) is 2.38. The van der Waals surface area contributed by atoms with Crippen molar-refractivity contribution < 1.29 is 22.7 Å². The van der Waals surface area contributed by atoms with Crippen molar-refractivity contribution in [3.05, 3.63) is 60.2 Å². The van der Waals surface area contributed by atoms with Crippen LogP contribution in [0, 0.1) is 0 Å². The topological polar surface area (TPSA) is 103 Å². The number of nitrogen functional groups attached to an aromatic ring is 1. The number of hydrogen-bond acceptors (Lipinski definition) is 6. The lowest BCUT2D eigenvalue weighted by Gasteiger charge is -2.10. The molecular formula is C18H14F3N5O2. The van der Waals surface area contributed by atoms with Gasteiger partial charge in [-0.3, -0.25) is 15.2 Å². The molecule has 144 valence electrons. The Balaban J connectivity index is 2.08. The monoisotopic (exact) mass is 389 g/mol. The number of carbonyl (C=O) groups is 1. The van der Waals surface area contributed by atoms with Crippen molar-refractivity contribution in [3.63, 3.8) is 0 Å². The van der Waals surface area contributed by atoms with Gasteiger partial charge < -0.3 is 4.74 Å². The molecule has 1 amide bonds. The zero-order chi connectivity index (χ0) is 20.3. The van der Waals surface area contributed by atoms with E-state index < -0.39 is 17.8 Å². The highest BCUT2D eigenvalue weighted by atomic mass is 19.4. The van der Waals surface area contributed by atoms with E-state index in [1.807, 2.05) is 5.43 Å². The summed E-state index contributed by atoms with van der Waals surface area (Å²) >= 11 is 0. The van der Waals surface area contributed by atoms with Crippen LogP contribution in [-0.2, 0) is 6.18 Å². The summed E-state index contributed by atoms with van der Waals surface area (Å²) in [7, 11) is 1.53. The number of pyridine rings is 1. The standard InChI is InChI=1S/C18H14F3N5O2/c1-28-12-5-2-10(3-6-12)13-8-14(25-16(24-13)17(27)26-22)11-4-7-15(23-9-11)18(19,20)21/h2-9H,22H2,1H3,(H,26,27). The number of hydrogen-bond donors (Lipinski definition) is 2. The molecule has 10 heteroatoms. The molecule has 0 aliphatic heterocycles. The van der Waals surface area contributed by atoms with Crippen molar-refractivity contribution in [1.82, 2.24) is 20.4 Å². The van der Waals surface area contributed by atoms with Gasteiger partial charge in [-0.1, -0.05) is 0 Å². The van der Waals surface area contributed by atoms with E-state index in [1.165, 1.54) is 13.2 Å². The normalized spacial score (nSPS) is 11.2. The third-order valence-electron chi connectivity index (χ3n) is 3.80. The van der Waals surface area contributed by atoms with E-state index in [4.69, 9.17) is 10.6 Å². The maximum absolute atomic E-state index is 12.7. The van der Waals surface area contributed by atoms with Crippen LogP contribution in [0.5, 0.6) is 5.75 Å². The van der Waals surface area contributed by atoms with Crippen molar-refractivity contribution in [2.75, 3.05) is 7.11 Å². The Morgan fingerprint density at radius 1 is 1.04 bits per heavy atom. The molecule has 3 N–H and O–H groups in total. The number of halogens is 3. The van der Waals surface area contributed by atoms with Crippen LogP contribution in [0.25, 0.3) is 22.5 Å². The van der Waals surface area contributed by atoms with Gasteiger partial charge in [0.15, 0.2) is 0 Å². The first-order chi connectivity index (χ1) is 13.3. The van der Waals surface area contributed by atoms with Crippen LogP contribution >= 0.6 is 0 Å². The summed E-state index contributed by atoms with van der Waals surface area (Å²) in [6.45, 7) is 0. The first kappa shape index (κ1) is 19.2. The molecule has 0 saturated heterocycles. The van der Waals surface area contributed by atoms with E-state index >= 15 is 0 Å². The van der Waals surface area contributed by atoms with Crippen LogP contribution in [0.3, 0.4) is 0 Å². The molecule has 2 aromatic heterocycles. The molecular weight excluding hydrogens is 375 g/mol. The van der Waals surface area contributed by atoms with Gasteiger partial charge in [0.2, 0.25) is 5.82 Å². The molecule has 0 bridgehead atoms. The summed E-state index contributed by atoms with van der Waals surface area (Å²) in [4.78, 5) is 23.6. The molecule has 0 atom stereocenters. The summed E-state index contributed by atoms with van der Waals surface area (Å²) in [5, 5.41) is 0. The number of rotatable bonds is 4. The van der Waals surface area contributed by atoms with Gasteiger partial charge in [0, 0.05) is 17.3 Å². The highest BCUT2D eigenvalue weighted by molar-refractivity contribution is 5.91. The largest absolute Gasteiger partial charge is 0.497 e. The predicted molar refractivity (Wildman–Crippen MR) is 93.9 cm³/mol. The number of amides is 1. The summed E-state index contributed by atoms with van der Waals surface area (Å²) in [6, 6.07) is 10.5. The van der Waals surface area contributed by atoms with E-state index in [-0.39, 0.29) is 17.1 Å². The molecule has 0 aliphatic carbocycles. The van der Waals surface area contributed by atoms with Crippen molar-refractivity contribution >= 4 is 5.91 Å². The quantitative estimate of drug-likeness (QED) is 0.404. The van der Waals surface area contributed by atoms with Crippen LogP contribution < -0.4 is 16.0 Å². The Hall–Kier alpha value is -3.53. The van der Waals surface area contributed by atoms with E-state index in [0.717, 1.165) is 12.3 Å². The summed E-state index contributed by atoms with van der Waals surface area (Å²) in [5.41, 5.74) is 2.45. The summed E-state index contributed by atoms with van der Waals surface area (Å²) in [6.07, 6.45) is -3.52. The van der Waals surface area contributed by atoms with Crippen molar-refractivity contribution in [3.8, 4) is 28.3 Å². The van der Waals surface area contributed by atoms with Crippen LogP contribution in [0.4, 0.5) is 13.2 Å². The molecule has 1 aromatic carbocycles. The molecule has 0 saturated carbocycles. The van der Waals surface area contributed by atoms with Crippen molar-refractivity contribution in [2.45, 2.75) is 6.18 Å². The second kappa shape index (κ2) is 7.61. The van der Waals surface area contributed by atoms with Gasteiger partial charge in [0.05, 0.1) is 18.5 Å². The lowest BCUT2D eigenvalue weighted by molar-refractivity contribution is -0.141. The van der Waals surface area contributed by atoms with Gasteiger partial charge in [-0.25, -0.2) is 15.8 Å². The van der Waals surface area contributed by atoms with E-state index in [0.29, 0.717) is 17.0 Å². The van der Waals surface area contributed by atoms with E-state index in [2.05, 4.69) is 15.0 Å². The number of alkyl halides is 3. The van der Waals surface area contributed by atoms with Gasteiger partial charge in [0.25, 0.3) is 0 Å². The highest BCUT2D eigenvalue weighted by Gasteiger charge is 2.32. The first-order valence-corrected chi connectivity index (χ1v) is 7.90. The molecule has 3 rings (SSSR count). The van der Waals surface area contributed by atoms with Gasteiger partial charge in [0.1, 0.15) is 11.4 Å². The van der Waals surface area contributed by atoms with E-state index in [9.17, 15) is 18.0 Å². The molecule has 0 radical (unpaired) electrons. The number of nitrogens with two attached hydrogens (primary N) is 1. The molecule has 0 aliphatic rings. The predicted octanol–water partition coefficient (Wildman–Crippen LogP) is 2.84. The average molecular weight is 389 g/mol. The molecule has 28 heavy (non-hydrogen) atoms. The Morgan fingerprint density at radius 3 is 2.14 bits per heavy atom. The second-order valence-electron chi connectivity index (χ2n) is 5.59. The lowest BCUT2D eigenvalue weighted by atomic mass is 10.1. The maximum Gasteiger partial charge on any atom is 0.433 e. The average Bonchev–Trinajstić information content (AvgIpc) is 2.72. The molecule has 2 heterocycles. The van der Waals surface area contributed by atoms with Crippen molar-refractivity contribution in [2.24, 2.45) is 5.84 Å². The SMILES string of the molecule is COc1ccc(-c2cc(-c3ccc(C(F)(F)F)nc3)nc(C(=O)NN)n2)cc1. The van der Waals surface area contributed by atoms with E-state index in [1.54, 1.807) is 30.3 Å². The van der Waals surface area contributed by atoms with Crippen molar-refractivity contribution in [1.29, 1.82) is 0 Å². The summed E-state index contributed by atoms with van der Waals surface area (Å²) < 4.78 is 43.3. The molecule has 3 aromatic rings. The Labute approximate surface area is 157 Å². The number of methoxy groups -OCH3 is 1. The second-order valence-corrected chi connectivity index (χ2v) is 5.59. The third kappa shape index (κ3) is 4.07. The lowest BCUT2D eigenvalue weighted by Crippen LogP contribution is -2.31. The number of hydrazine groups is 1. The number of ether oxygens (including phenoxy) is 1. The fourth-order valence-corrected chi connectivity index (χ4v) is 2.38. The number of carbonyl (C=O) groups excluding carboxylic acids is 1. The summed E-state index contributed by atoms with van der Waals surface area (Å²) in [5.74, 6) is 4.81. The smallest absolute Gasteiger partial charge is 0.433 e. The minimum absolute atomic E-state index is 0.223. The Morgan fingerprint density at radius 2 is 1.64 bits per heavy atom. The van der Waals surface area contributed by atoms with Gasteiger partial charge >= 0.3 is 12.1 Å². The zero-order valence-electron chi connectivity index (χ0n) is 14.5. The first-order valence-electron chi connectivity index (χ1n) is 7.90. The fraction of sp³-hybridized carbons (Fsp3) is 0.111. The van der Waals surface area contributed by atoms with Crippen LogP contribution in [-0.4, -0.2) is 28.0 Å². The maximum atomic E-state index is 12.7. The zero-order valence-corrected chi connectivity index (χ0v) is 14.5.